The van der Waals surface area contributed by atoms with E-state index in [0.717, 1.165) is 0 Å². The van der Waals surface area contributed by atoms with Gasteiger partial charge in [-0.3, -0.25) is 0 Å². The van der Waals surface area contributed by atoms with Gasteiger partial charge in [-0.1, -0.05) is 15.9 Å². The summed E-state index contributed by atoms with van der Waals surface area (Å²) in [7, 11) is 0. The van der Waals surface area contributed by atoms with Crippen molar-refractivity contribution in [3.63, 3.8) is 0 Å². The van der Waals surface area contributed by atoms with Crippen LogP contribution < -0.4 is 10.1 Å². The van der Waals surface area contributed by atoms with Crippen molar-refractivity contribution in [2.24, 2.45) is 0 Å². The average Bonchev–Trinajstić information content (AvgIpc) is 2.31. The average molecular weight is 363 g/mol. The van der Waals surface area contributed by atoms with Gasteiger partial charge in [0.1, 0.15) is 5.75 Å². The molecule has 3 nitrogen and oxygen atoms in total. The number of ether oxygens (including phenoxy) is 2. The smallest absolute Gasteiger partial charge is 0.405 e. The van der Waals surface area contributed by atoms with Gasteiger partial charge in [-0.25, -0.2) is 0 Å². The lowest BCUT2D eigenvalue weighted by molar-refractivity contribution is -0.275. The molecule has 1 aromatic carbocycles. The predicted octanol–water partition coefficient (Wildman–Crippen LogP) is 3.43. The minimum Gasteiger partial charge on any atom is -0.405 e. The quantitative estimate of drug-likeness (QED) is 0.874. The fraction of sp³-hybridized carbons (Fsp3) is 0.455. The van der Waals surface area contributed by atoms with E-state index < -0.39 is 6.36 Å². The zero-order valence-corrected chi connectivity index (χ0v) is 12.1. The van der Waals surface area contributed by atoms with Crippen molar-refractivity contribution >= 4 is 28.3 Å². The van der Waals surface area contributed by atoms with E-state index in [4.69, 9.17) is 4.74 Å². The summed E-state index contributed by atoms with van der Waals surface area (Å²) in [4.78, 5) is 0. The lowest BCUT2D eigenvalue weighted by Crippen LogP contribution is -2.35. The van der Waals surface area contributed by atoms with Gasteiger partial charge in [0, 0.05) is 16.6 Å². The highest BCUT2D eigenvalue weighted by Gasteiger charge is 2.33. The molecule has 1 heterocycles. The Kier molecular flexibility index (Phi) is 5.91. The molecule has 0 radical (unpaired) electrons. The van der Waals surface area contributed by atoms with Gasteiger partial charge >= 0.3 is 6.36 Å². The first kappa shape index (κ1) is 16.6. The highest BCUT2D eigenvalue weighted by Crippen LogP contribution is 2.33. The van der Waals surface area contributed by atoms with Crippen LogP contribution in [0.2, 0.25) is 0 Å². The number of nitrogens with one attached hydrogen (secondary N) is 1. The molecule has 0 unspecified atom stereocenters. The molecule has 1 aromatic rings. The molecule has 0 saturated carbocycles. The Morgan fingerprint density at radius 2 is 2.11 bits per heavy atom. The summed E-state index contributed by atoms with van der Waals surface area (Å²) >= 11 is 3.24. The molecule has 1 N–H and O–H groups in total. The molecule has 108 valence electrons. The van der Waals surface area contributed by atoms with E-state index in [1.807, 2.05) is 0 Å². The number of hydrogen-bond acceptors (Lipinski definition) is 3. The lowest BCUT2D eigenvalue weighted by atomic mass is 10.1. The maximum Gasteiger partial charge on any atom is 0.573 e. The van der Waals surface area contributed by atoms with Crippen LogP contribution in [0.3, 0.4) is 0 Å². The minimum absolute atomic E-state index is 0. The SMILES string of the molecule is Cl.FC(F)(F)Oc1ccc(Br)cc1[C@H]1COCCN1. The Hall–Kier alpha value is -0.500. The third-order valence-corrected chi connectivity index (χ3v) is 2.99. The Labute approximate surface area is 123 Å². The zero-order valence-electron chi connectivity index (χ0n) is 9.67. The molecule has 19 heavy (non-hydrogen) atoms. The standard InChI is InChI=1S/C11H11BrF3NO2.ClH/c12-7-1-2-10(18-11(13,14)15)8(5-7)9-6-17-4-3-16-9;/h1-2,5,9,16H,3-4,6H2;1H/t9-;/m1./s1. The van der Waals surface area contributed by atoms with Crippen molar-refractivity contribution in [2.75, 3.05) is 19.8 Å². The lowest BCUT2D eigenvalue weighted by Gasteiger charge is -2.26. The van der Waals surface area contributed by atoms with Crippen LogP contribution in [0, 0.1) is 0 Å². The summed E-state index contributed by atoms with van der Waals surface area (Å²) < 4.78 is 46.9. The van der Waals surface area contributed by atoms with Crippen molar-refractivity contribution in [3.05, 3.63) is 28.2 Å². The van der Waals surface area contributed by atoms with Crippen LogP contribution >= 0.6 is 28.3 Å². The molecule has 1 aliphatic heterocycles. The maximum atomic E-state index is 12.3. The van der Waals surface area contributed by atoms with Crippen molar-refractivity contribution < 1.29 is 22.6 Å². The highest BCUT2D eigenvalue weighted by molar-refractivity contribution is 9.10. The van der Waals surface area contributed by atoms with Gasteiger partial charge in [0.15, 0.2) is 0 Å². The van der Waals surface area contributed by atoms with Gasteiger partial charge < -0.3 is 14.8 Å². The minimum atomic E-state index is -4.70. The first-order valence-corrected chi connectivity index (χ1v) is 6.11. The molecule has 0 aromatic heterocycles. The Bertz CT molecular complexity index is 425. The van der Waals surface area contributed by atoms with Crippen LogP contribution in [-0.2, 0) is 4.74 Å². The molecular formula is C11H12BrClF3NO2. The fourth-order valence-electron chi connectivity index (χ4n) is 1.77. The van der Waals surface area contributed by atoms with E-state index in [1.54, 1.807) is 6.07 Å². The molecule has 1 aliphatic rings. The van der Waals surface area contributed by atoms with E-state index in [2.05, 4.69) is 26.0 Å². The zero-order chi connectivity index (χ0) is 13.2. The summed E-state index contributed by atoms with van der Waals surface area (Å²) in [6.45, 7) is 1.48. The van der Waals surface area contributed by atoms with Gasteiger partial charge in [0.2, 0.25) is 0 Å². The maximum absolute atomic E-state index is 12.3. The van der Waals surface area contributed by atoms with Crippen LogP contribution in [0.25, 0.3) is 0 Å². The van der Waals surface area contributed by atoms with Gasteiger partial charge in [0.05, 0.1) is 19.3 Å². The Balaban J connectivity index is 0.00000180. The number of rotatable bonds is 2. The van der Waals surface area contributed by atoms with Gasteiger partial charge in [-0.05, 0) is 18.2 Å². The van der Waals surface area contributed by atoms with Gasteiger partial charge in [-0.15, -0.1) is 25.6 Å². The summed E-state index contributed by atoms with van der Waals surface area (Å²) in [5.41, 5.74) is 0.432. The van der Waals surface area contributed by atoms with Crippen LogP contribution in [0.4, 0.5) is 13.2 Å². The molecule has 1 atom stereocenters. The van der Waals surface area contributed by atoms with Crippen LogP contribution in [0.1, 0.15) is 11.6 Å². The molecule has 1 saturated heterocycles. The van der Waals surface area contributed by atoms with E-state index >= 15 is 0 Å². The second kappa shape index (κ2) is 6.78. The molecule has 2 rings (SSSR count). The van der Waals surface area contributed by atoms with Crippen molar-refractivity contribution in [1.29, 1.82) is 0 Å². The Morgan fingerprint density at radius 1 is 1.37 bits per heavy atom. The third kappa shape index (κ3) is 4.83. The first-order chi connectivity index (χ1) is 8.46. The number of morpholine rings is 1. The van der Waals surface area contributed by atoms with E-state index in [-0.39, 0.29) is 24.2 Å². The van der Waals surface area contributed by atoms with Crippen molar-refractivity contribution in [3.8, 4) is 5.75 Å². The number of hydrogen-bond donors (Lipinski definition) is 1. The third-order valence-electron chi connectivity index (χ3n) is 2.49. The van der Waals surface area contributed by atoms with Gasteiger partial charge in [-0.2, -0.15) is 0 Å². The monoisotopic (exact) mass is 361 g/mol. The molecule has 0 amide bonds. The molecule has 0 spiro atoms. The predicted molar refractivity (Wildman–Crippen MR) is 69.6 cm³/mol. The molecule has 8 heteroatoms. The summed E-state index contributed by atoms with van der Waals surface area (Å²) in [6, 6.07) is 4.11. The highest BCUT2D eigenvalue weighted by atomic mass is 79.9. The summed E-state index contributed by atoms with van der Waals surface area (Å²) in [5.74, 6) is -0.200. The second-order valence-corrected chi connectivity index (χ2v) is 4.73. The van der Waals surface area contributed by atoms with E-state index in [1.165, 1.54) is 12.1 Å². The largest absolute Gasteiger partial charge is 0.573 e. The van der Waals surface area contributed by atoms with E-state index in [0.29, 0.717) is 29.8 Å². The second-order valence-electron chi connectivity index (χ2n) is 3.81. The summed E-state index contributed by atoms with van der Waals surface area (Å²) in [5, 5.41) is 3.10. The fourth-order valence-corrected chi connectivity index (χ4v) is 2.15. The summed E-state index contributed by atoms with van der Waals surface area (Å²) in [6.07, 6.45) is -4.70. The normalized spacial score (nSPS) is 19.7. The van der Waals surface area contributed by atoms with Crippen molar-refractivity contribution in [1.82, 2.24) is 5.32 Å². The van der Waals surface area contributed by atoms with Gasteiger partial charge in [0.25, 0.3) is 0 Å². The first-order valence-electron chi connectivity index (χ1n) is 5.32. The van der Waals surface area contributed by atoms with Crippen LogP contribution in [0.15, 0.2) is 22.7 Å². The topological polar surface area (TPSA) is 30.5 Å². The van der Waals surface area contributed by atoms with Crippen LogP contribution in [0.5, 0.6) is 5.75 Å². The molecule has 1 fully saturated rings. The number of halogens is 5. The number of benzene rings is 1. The molecule has 0 aliphatic carbocycles. The van der Waals surface area contributed by atoms with Crippen molar-refractivity contribution in [2.45, 2.75) is 12.4 Å². The molecule has 0 bridgehead atoms. The molecular weight excluding hydrogens is 350 g/mol. The van der Waals surface area contributed by atoms with Crippen LogP contribution in [-0.4, -0.2) is 26.1 Å². The van der Waals surface area contributed by atoms with E-state index in [9.17, 15) is 13.2 Å². The Morgan fingerprint density at radius 3 is 2.68 bits per heavy atom. The number of alkyl halides is 3.